The van der Waals surface area contributed by atoms with E-state index < -0.39 is 15.9 Å². The lowest BCUT2D eigenvalue weighted by Crippen LogP contribution is -2.40. The second kappa shape index (κ2) is 9.31. The number of nitrogens with one attached hydrogen (secondary N) is 1. The molecule has 0 bridgehead atoms. The Labute approximate surface area is 201 Å². The largest absolute Gasteiger partial charge is 0.321 e. The van der Waals surface area contributed by atoms with Crippen LogP contribution in [-0.4, -0.2) is 20.9 Å². The number of anilines is 2. The average molecular weight is 473 g/mol. The van der Waals surface area contributed by atoms with Crippen LogP contribution in [0.1, 0.15) is 42.0 Å². The molecule has 3 aromatic rings. The number of hydrogen-bond donors (Lipinski definition) is 1. The molecule has 174 valence electrons. The zero-order valence-corrected chi connectivity index (χ0v) is 20.4. The van der Waals surface area contributed by atoms with Gasteiger partial charge in [-0.25, -0.2) is 8.42 Å². The molecule has 4 rings (SSSR count). The summed E-state index contributed by atoms with van der Waals surface area (Å²) in [6.45, 7) is 9.77. The van der Waals surface area contributed by atoms with E-state index in [1.165, 1.54) is 10.4 Å². The van der Waals surface area contributed by atoms with E-state index in [0.29, 0.717) is 28.1 Å². The van der Waals surface area contributed by atoms with E-state index in [2.05, 4.69) is 11.9 Å². The molecule has 6 heteroatoms. The third kappa shape index (κ3) is 4.05. The molecular formula is C28H28N2O3S. The van der Waals surface area contributed by atoms with Gasteiger partial charge in [0.1, 0.15) is 0 Å². The van der Waals surface area contributed by atoms with Crippen molar-refractivity contribution in [2.75, 3.05) is 16.2 Å². The summed E-state index contributed by atoms with van der Waals surface area (Å²) in [5.41, 5.74) is 4.74. The molecule has 1 heterocycles. The number of sulfonamides is 1. The van der Waals surface area contributed by atoms with E-state index in [1.54, 1.807) is 12.1 Å². The van der Waals surface area contributed by atoms with E-state index in [1.807, 2.05) is 81.4 Å². The Morgan fingerprint density at radius 2 is 1.68 bits per heavy atom. The first-order valence-corrected chi connectivity index (χ1v) is 12.6. The van der Waals surface area contributed by atoms with Gasteiger partial charge in [0, 0.05) is 16.8 Å². The van der Waals surface area contributed by atoms with E-state index in [4.69, 9.17) is 0 Å². The second-order valence-corrected chi connectivity index (χ2v) is 10.4. The van der Waals surface area contributed by atoms with Crippen molar-refractivity contribution >= 4 is 32.9 Å². The van der Waals surface area contributed by atoms with Crippen LogP contribution in [0.2, 0.25) is 0 Å². The highest BCUT2D eigenvalue weighted by Gasteiger charge is 2.41. The van der Waals surface area contributed by atoms with Gasteiger partial charge in [0.15, 0.2) is 4.91 Å². The van der Waals surface area contributed by atoms with Crippen molar-refractivity contribution in [2.24, 2.45) is 0 Å². The predicted octanol–water partition coefficient (Wildman–Crippen LogP) is 5.85. The van der Waals surface area contributed by atoms with Crippen LogP contribution < -0.4 is 9.62 Å². The summed E-state index contributed by atoms with van der Waals surface area (Å²) in [6.07, 6.45) is 1.52. The second-order valence-electron chi connectivity index (χ2n) is 8.56. The first-order chi connectivity index (χ1) is 16.3. The summed E-state index contributed by atoms with van der Waals surface area (Å²) in [6, 6.07) is 22.2. The van der Waals surface area contributed by atoms with Crippen LogP contribution in [0, 0.1) is 6.92 Å². The Morgan fingerprint density at radius 1 is 1.00 bits per heavy atom. The zero-order chi connectivity index (χ0) is 24.5. The van der Waals surface area contributed by atoms with Crippen LogP contribution in [0.25, 0.3) is 5.57 Å². The molecule has 0 spiro atoms. The summed E-state index contributed by atoms with van der Waals surface area (Å²) in [5, 5.41) is 2.95. The molecule has 0 radical (unpaired) electrons. The number of rotatable bonds is 6. The average Bonchev–Trinajstić information content (AvgIpc) is 2.82. The maximum atomic E-state index is 13.9. The molecule has 0 aromatic heterocycles. The van der Waals surface area contributed by atoms with Gasteiger partial charge in [-0.3, -0.25) is 9.10 Å². The van der Waals surface area contributed by atoms with Crippen molar-refractivity contribution < 1.29 is 13.2 Å². The number of hydrogen-bond acceptors (Lipinski definition) is 3. The van der Waals surface area contributed by atoms with Gasteiger partial charge in [-0.2, -0.15) is 0 Å². The minimum absolute atomic E-state index is 0.0554. The fraction of sp³-hybridized carbons (Fsp3) is 0.179. The maximum absolute atomic E-state index is 13.9. The van der Waals surface area contributed by atoms with Crippen molar-refractivity contribution in [2.45, 2.75) is 26.7 Å². The minimum atomic E-state index is -4.17. The summed E-state index contributed by atoms with van der Waals surface area (Å²) in [7, 11) is -4.17. The Balaban J connectivity index is 2.00. The van der Waals surface area contributed by atoms with Crippen molar-refractivity contribution in [3.63, 3.8) is 0 Å². The van der Waals surface area contributed by atoms with E-state index >= 15 is 0 Å². The molecule has 0 aliphatic carbocycles. The Hall–Kier alpha value is -3.64. The number of carbonyl (C=O) groups excluding carboxylic acids is 1. The Kier molecular flexibility index (Phi) is 6.44. The Morgan fingerprint density at radius 3 is 2.35 bits per heavy atom. The molecule has 1 aliphatic rings. The van der Waals surface area contributed by atoms with Crippen molar-refractivity contribution in [1.82, 2.24) is 0 Å². The predicted molar refractivity (Wildman–Crippen MR) is 139 cm³/mol. The lowest BCUT2D eigenvalue weighted by Gasteiger charge is -2.33. The van der Waals surface area contributed by atoms with Crippen LogP contribution in [0.4, 0.5) is 11.4 Å². The molecular weight excluding hydrogens is 444 g/mol. The van der Waals surface area contributed by atoms with E-state index in [0.717, 1.165) is 11.1 Å². The number of benzene rings is 3. The van der Waals surface area contributed by atoms with Crippen molar-refractivity contribution in [3.8, 4) is 0 Å². The quantitative estimate of drug-likeness (QED) is 0.458. The fourth-order valence-electron chi connectivity index (χ4n) is 4.34. The highest BCUT2D eigenvalue weighted by Crippen LogP contribution is 2.43. The third-order valence-corrected chi connectivity index (χ3v) is 7.78. The number of aryl methyl sites for hydroxylation is 1. The molecule has 0 atom stereocenters. The fourth-order valence-corrected chi connectivity index (χ4v) is 6.05. The number of nitrogens with zero attached hydrogens (tertiary/aromatic N) is 1. The topological polar surface area (TPSA) is 66.5 Å². The van der Waals surface area contributed by atoms with Crippen molar-refractivity contribution in [3.05, 3.63) is 113 Å². The number of para-hydroxylation sites is 2. The highest BCUT2D eigenvalue weighted by atomic mass is 32.2. The minimum Gasteiger partial charge on any atom is -0.321 e. The number of carbonyl (C=O) groups is 1. The zero-order valence-electron chi connectivity index (χ0n) is 19.6. The third-order valence-electron chi connectivity index (χ3n) is 5.95. The van der Waals surface area contributed by atoms with Crippen LogP contribution in [0.3, 0.4) is 0 Å². The Bertz CT molecular complexity index is 1390. The van der Waals surface area contributed by atoms with Gasteiger partial charge in [0.05, 0.1) is 12.2 Å². The molecule has 3 aromatic carbocycles. The highest BCUT2D eigenvalue weighted by molar-refractivity contribution is 7.97. The SMILES string of the molecule is C=CCN1c2ccccc2C(c2ccccc2)=C(C(=O)Nc2c(C)cccc2C(C)C)S1(=O)=O. The van der Waals surface area contributed by atoms with Crippen LogP contribution in [-0.2, 0) is 14.8 Å². The van der Waals surface area contributed by atoms with Gasteiger partial charge in [0.2, 0.25) is 0 Å². The molecule has 1 aliphatic heterocycles. The summed E-state index contributed by atoms with van der Waals surface area (Å²) >= 11 is 0. The molecule has 0 unspecified atom stereocenters. The molecule has 5 nitrogen and oxygen atoms in total. The number of amides is 1. The van der Waals surface area contributed by atoms with Crippen molar-refractivity contribution in [1.29, 1.82) is 0 Å². The van der Waals surface area contributed by atoms with E-state index in [-0.39, 0.29) is 17.4 Å². The monoisotopic (exact) mass is 472 g/mol. The molecule has 0 saturated heterocycles. The lowest BCUT2D eigenvalue weighted by atomic mass is 9.95. The molecule has 34 heavy (non-hydrogen) atoms. The molecule has 1 N–H and O–H groups in total. The van der Waals surface area contributed by atoms with Crippen LogP contribution >= 0.6 is 0 Å². The van der Waals surface area contributed by atoms with Gasteiger partial charge < -0.3 is 5.32 Å². The normalized spacial score (nSPS) is 14.6. The smallest absolute Gasteiger partial charge is 0.270 e. The van der Waals surface area contributed by atoms with Gasteiger partial charge in [-0.15, -0.1) is 6.58 Å². The first-order valence-electron chi connectivity index (χ1n) is 11.2. The van der Waals surface area contributed by atoms with Gasteiger partial charge in [-0.05, 0) is 35.6 Å². The molecule has 0 fully saturated rings. The first kappa shape index (κ1) is 23.5. The van der Waals surface area contributed by atoms with Gasteiger partial charge >= 0.3 is 0 Å². The number of fused-ring (bicyclic) bond motifs is 1. The lowest BCUT2D eigenvalue weighted by molar-refractivity contribution is -0.112. The summed E-state index contributed by atoms with van der Waals surface area (Å²) < 4.78 is 29.1. The van der Waals surface area contributed by atoms with Gasteiger partial charge in [0.25, 0.3) is 15.9 Å². The maximum Gasteiger partial charge on any atom is 0.270 e. The molecule has 1 amide bonds. The van der Waals surface area contributed by atoms with Gasteiger partial charge in [-0.1, -0.05) is 86.7 Å². The summed E-state index contributed by atoms with van der Waals surface area (Å²) in [5.74, 6) is -0.502. The van der Waals surface area contributed by atoms with Crippen LogP contribution in [0.15, 0.2) is 90.4 Å². The van der Waals surface area contributed by atoms with Crippen LogP contribution in [0.5, 0.6) is 0 Å². The standard InChI is InChI=1S/C28H28N2O3S/c1-5-18-30-24-17-10-9-15-23(24)25(21-13-7-6-8-14-21)27(34(30,32)33)28(31)29-26-20(4)12-11-16-22(26)19(2)3/h5-17,19H,1,18H2,2-4H3,(H,29,31). The molecule has 0 saturated carbocycles. The van der Waals surface area contributed by atoms with E-state index in [9.17, 15) is 13.2 Å². The summed E-state index contributed by atoms with van der Waals surface area (Å²) in [4.78, 5) is 13.6.